The van der Waals surface area contributed by atoms with Crippen LogP contribution in [0.5, 0.6) is 0 Å². The third-order valence-electron chi connectivity index (χ3n) is 3.67. The van der Waals surface area contributed by atoms with E-state index in [4.69, 9.17) is 0 Å². The molecule has 3 rings (SSSR count). The molecule has 0 unspecified atom stereocenters. The van der Waals surface area contributed by atoms with Crippen molar-refractivity contribution < 1.29 is 17.1 Å². The van der Waals surface area contributed by atoms with Crippen molar-refractivity contribution in [2.45, 2.75) is 19.6 Å². The first-order valence-corrected chi connectivity index (χ1v) is 11.5. The van der Waals surface area contributed by atoms with Gasteiger partial charge in [0.2, 0.25) is 0 Å². The molecule has 0 saturated carbocycles. The van der Waals surface area contributed by atoms with Gasteiger partial charge >= 0.3 is 0 Å². The van der Waals surface area contributed by atoms with Crippen LogP contribution in [0, 0.1) is 0 Å². The van der Waals surface area contributed by atoms with Gasteiger partial charge in [-0.25, -0.2) is 12.1 Å². The zero-order valence-corrected chi connectivity index (χ0v) is 17.0. The Balaban J connectivity index is 0.000000412. The van der Waals surface area contributed by atoms with Gasteiger partial charge in [0.1, 0.15) is 0 Å². The van der Waals surface area contributed by atoms with E-state index in [-0.39, 0.29) is 17.1 Å². The first-order chi connectivity index (χ1) is 11.0. The molecule has 1 aliphatic heterocycles. The van der Waals surface area contributed by atoms with Crippen LogP contribution in [0.4, 0.5) is 0 Å². The van der Waals surface area contributed by atoms with Crippen molar-refractivity contribution in [3.8, 4) is 0 Å². The van der Waals surface area contributed by atoms with Crippen LogP contribution in [0.3, 0.4) is 0 Å². The molecule has 1 aliphatic carbocycles. The molecule has 0 N–H and O–H groups in total. The summed E-state index contributed by atoms with van der Waals surface area (Å²) < 4.78 is 0. The van der Waals surface area contributed by atoms with Crippen LogP contribution in [0.25, 0.3) is 0 Å². The average Bonchev–Trinajstić information content (AvgIpc) is 3.20. The Hall–Kier alpha value is -1.67. The summed E-state index contributed by atoms with van der Waals surface area (Å²) in [6.07, 6.45) is 19.5. The summed E-state index contributed by atoms with van der Waals surface area (Å²) in [4.78, 5) is 2.05. The third-order valence-corrected chi connectivity index (χ3v) is 5.74. The maximum Gasteiger partial charge on any atom is 0.0783 e. The molecule has 0 spiro atoms. The van der Waals surface area contributed by atoms with E-state index in [9.17, 15) is 0 Å². The van der Waals surface area contributed by atoms with Gasteiger partial charge in [-0.1, -0.05) is 55.2 Å². The second kappa shape index (κ2) is 9.58. The van der Waals surface area contributed by atoms with Crippen molar-refractivity contribution in [3.63, 3.8) is 0 Å². The van der Waals surface area contributed by atoms with E-state index in [1.54, 1.807) is 5.20 Å². The van der Waals surface area contributed by atoms with Crippen LogP contribution < -0.4 is 0 Å². The van der Waals surface area contributed by atoms with E-state index < -0.39 is 8.07 Å². The van der Waals surface area contributed by atoms with Crippen molar-refractivity contribution in [2.75, 3.05) is 7.05 Å². The van der Waals surface area contributed by atoms with Gasteiger partial charge in [0.05, 0.1) is 8.07 Å². The van der Waals surface area contributed by atoms with Crippen molar-refractivity contribution in [1.82, 2.24) is 4.90 Å². The fraction of sp³-hybridized carbons (Fsp3) is 0.190. The van der Waals surface area contributed by atoms with Crippen LogP contribution >= 0.6 is 0 Å². The number of hydrogen-bond donors (Lipinski definition) is 0. The standard InChI is InChI=1S/C16H21NSi.C5H5.Fe/c1-17-12-10-14(11-13-17)8-9-15-6-5-7-16(15)18(2,3)4;1-2-4-5-3-1;/h5-13H,1-4H3;1-5H;/q;-1;. The minimum Gasteiger partial charge on any atom is -0.357 e. The van der Waals surface area contributed by atoms with Gasteiger partial charge in [0.15, 0.2) is 0 Å². The molecule has 1 aromatic carbocycles. The second-order valence-corrected chi connectivity index (χ2v) is 11.8. The Bertz CT molecular complexity index is 647. The fourth-order valence-corrected chi connectivity index (χ4v) is 4.02. The van der Waals surface area contributed by atoms with E-state index >= 15 is 0 Å². The van der Waals surface area contributed by atoms with Gasteiger partial charge in [0, 0.05) is 36.5 Å². The predicted molar refractivity (Wildman–Crippen MR) is 105 cm³/mol. The molecule has 0 radical (unpaired) electrons. The van der Waals surface area contributed by atoms with E-state index in [0.29, 0.717) is 0 Å². The Morgan fingerprint density at radius 2 is 1.58 bits per heavy atom. The van der Waals surface area contributed by atoms with Gasteiger partial charge in [-0.3, -0.25) is 0 Å². The van der Waals surface area contributed by atoms with Crippen molar-refractivity contribution in [2.24, 2.45) is 0 Å². The van der Waals surface area contributed by atoms with E-state index in [1.807, 2.05) is 42.3 Å². The van der Waals surface area contributed by atoms with Crippen LogP contribution in [-0.4, -0.2) is 20.0 Å². The Kier molecular flexibility index (Phi) is 8.13. The molecule has 3 heteroatoms. The molecule has 0 aromatic heterocycles. The minimum atomic E-state index is -1.23. The molecule has 128 valence electrons. The quantitative estimate of drug-likeness (QED) is 0.481. The van der Waals surface area contributed by atoms with Gasteiger partial charge in [-0.05, 0) is 23.3 Å². The van der Waals surface area contributed by atoms with Crippen molar-refractivity contribution >= 4 is 8.07 Å². The average molecular weight is 376 g/mol. The molecule has 0 amide bonds. The molecule has 1 heterocycles. The predicted octanol–water partition coefficient (Wildman–Crippen LogP) is 5.59. The first kappa shape index (κ1) is 20.4. The molecular weight excluding hydrogens is 350 g/mol. The Labute approximate surface area is 158 Å². The van der Waals surface area contributed by atoms with Crippen molar-refractivity contribution in [1.29, 1.82) is 0 Å². The van der Waals surface area contributed by atoms with Crippen LogP contribution in [0.1, 0.15) is 0 Å². The third kappa shape index (κ3) is 6.44. The van der Waals surface area contributed by atoms with Crippen molar-refractivity contribution in [3.05, 3.63) is 102 Å². The largest absolute Gasteiger partial charge is 0.357 e. The molecule has 2 aliphatic rings. The summed E-state index contributed by atoms with van der Waals surface area (Å²) in [6, 6.07) is 10.0. The first-order valence-electron chi connectivity index (χ1n) is 8.03. The molecule has 0 fully saturated rings. The SMILES string of the molecule is CN1C=CC(=CC=C2C=CC=C2[Si](C)(C)C)C=C1.[Fe].c1cc[cH-]c1. The normalized spacial score (nSPS) is 17.3. The summed E-state index contributed by atoms with van der Waals surface area (Å²) in [6.45, 7) is 7.17. The Morgan fingerprint density at radius 1 is 0.958 bits per heavy atom. The number of rotatable bonds is 2. The summed E-state index contributed by atoms with van der Waals surface area (Å²) in [5.74, 6) is 0. The van der Waals surface area contributed by atoms with Gasteiger partial charge in [0.25, 0.3) is 0 Å². The topological polar surface area (TPSA) is 3.24 Å². The zero-order chi connectivity index (χ0) is 16.7. The van der Waals surface area contributed by atoms with E-state index in [0.717, 1.165) is 0 Å². The molecule has 1 nitrogen and oxygen atoms in total. The molecule has 24 heavy (non-hydrogen) atoms. The molecule has 0 atom stereocenters. The zero-order valence-electron chi connectivity index (χ0n) is 14.9. The summed E-state index contributed by atoms with van der Waals surface area (Å²) in [7, 11) is 0.808. The van der Waals surface area contributed by atoms with Gasteiger partial charge < -0.3 is 4.90 Å². The number of allylic oxidation sites excluding steroid dienone is 10. The minimum absolute atomic E-state index is 0. The van der Waals surface area contributed by atoms with Gasteiger partial charge in [-0.15, -0.1) is 0 Å². The summed E-state index contributed by atoms with van der Waals surface area (Å²) >= 11 is 0. The van der Waals surface area contributed by atoms with E-state index in [1.165, 1.54) is 11.1 Å². The molecule has 1 aromatic rings. The van der Waals surface area contributed by atoms with Gasteiger partial charge in [-0.2, -0.15) is 18.2 Å². The molecular formula is C21H26FeNSi-. The van der Waals surface area contributed by atoms with Crippen LogP contribution in [-0.2, 0) is 17.1 Å². The maximum absolute atomic E-state index is 2.39. The Morgan fingerprint density at radius 3 is 2.08 bits per heavy atom. The molecule has 0 bridgehead atoms. The number of hydrogen-bond acceptors (Lipinski definition) is 1. The smallest absolute Gasteiger partial charge is 0.0783 e. The second-order valence-electron chi connectivity index (χ2n) is 6.74. The van der Waals surface area contributed by atoms with Crippen LogP contribution in [0.15, 0.2) is 102 Å². The van der Waals surface area contributed by atoms with Crippen LogP contribution in [0.2, 0.25) is 19.6 Å². The number of nitrogens with zero attached hydrogens (tertiary/aromatic N) is 1. The maximum atomic E-state index is 2.39. The monoisotopic (exact) mass is 376 g/mol. The van der Waals surface area contributed by atoms with E-state index in [2.05, 4.69) is 74.6 Å². The molecule has 0 saturated heterocycles. The summed E-state index contributed by atoms with van der Waals surface area (Å²) in [5.41, 5.74) is 2.62. The summed E-state index contributed by atoms with van der Waals surface area (Å²) in [5, 5.41) is 1.54. The fourth-order valence-electron chi connectivity index (χ4n) is 2.39.